The number of rotatable bonds is 25. The Kier molecular flexibility index (Phi) is 26.0. The van der Waals surface area contributed by atoms with Crippen molar-refractivity contribution in [3.05, 3.63) is 0 Å². The fourth-order valence-electron chi connectivity index (χ4n) is 4.11. The van der Waals surface area contributed by atoms with Gasteiger partial charge in [0.15, 0.2) is 0 Å². The summed E-state index contributed by atoms with van der Waals surface area (Å²) in [6.45, 7) is 5.02. The van der Waals surface area contributed by atoms with Gasteiger partial charge >= 0.3 is 5.97 Å². The molecule has 0 fully saturated rings. The first-order valence-corrected chi connectivity index (χ1v) is 14.0. The highest BCUT2D eigenvalue weighted by molar-refractivity contribution is 5.69. The topological polar surface area (TPSA) is 26.3 Å². The van der Waals surface area contributed by atoms with Crippen LogP contribution < -0.4 is 0 Å². The van der Waals surface area contributed by atoms with E-state index in [2.05, 4.69) is 13.8 Å². The van der Waals surface area contributed by atoms with Gasteiger partial charge < -0.3 is 4.74 Å². The molecule has 0 aliphatic rings. The molecule has 0 aliphatic heterocycles. The van der Waals surface area contributed by atoms with Crippen molar-refractivity contribution in [1.82, 2.24) is 0 Å². The van der Waals surface area contributed by atoms with Gasteiger partial charge in [-0.25, -0.2) is 0 Å². The number of carbonyl (C=O) groups is 1. The molecule has 0 atom stereocenters. The van der Waals surface area contributed by atoms with Crippen LogP contribution in [-0.4, -0.2) is 12.6 Å². The molecule has 0 saturated heterocycles. The number of unbranched alkanes of at least 4 members (excludes halogenated alkanes) is 21. The van der Waals surface area contributed by atoms with Gasteiger partial charge in [0.05, 0.1) is 6.61 Å². The normalized spacial score (nSPS) is 11.1. The molecule has 0 unspecified atom stereocenters. The van der Waals surface area contributed by atoms with Crippen LogP contribution in [0.25, 0.3) is 0 Å². The molecule has 30 heavy (non-hydrogen) atoms. The standard InChI is InChI=1S/C28H56O2/c1-3-5-7-8-9-10-11-12-13-14-15-16-17-18-19-20-21-22-23-24-25-27-30-28(29)26-6-4-2/h3-27H2,1-2H3. The van der Waals surface area contributed by atoms with Crippen molar-refractivity contribution in [2.75, 3.05) is 6.61 Å². The van der Waals surface area contributed by atoms with E-state index in [-0.39, 0.29) is 5.97 Å². The lowest BCUT2D eigenvalue weighted by atomic mass is 10.0. The molecule has 0 N–H and O–H groups in total. The predicted octanol–water partition coefficient (Wildman–Crippen LogP) is 9.93. The van der Waals surface area contributed by atoms with Crippen LogP contribution in [0.15, 0.2) is 0 Å². The molecule has 0 rings (SSSR count). The zero-order valence-electron chi connectivity index (χ0n) is 21.0. The van der Waals surface area contributed by atoms with Gasteiger partial charge in [0.25, 0.3) is 0 Å². The predicted molar refractivity (Wildman–Crippen MR) is 133 cm³/mol. The average molecular weight is 425 g/mol. The van der Waals surface area contributed by atoms with E-state index in [1.165, 1.54) is 128 Å². The smallest absolute Gasteiger partial charge is 0.305 e. The maximum absolute atomic E-state index is 11.4. The molecule has 0 spiro atoms. The van der Waals surface area contributed by atoms with Crippen molar-refractivity contribution in [1.29, 1.82) is 0 Å². The second-order valence-electron chi connectivity index (χ2n) is 9.40. The van der Waals surface area contributed by atoms with E-state index in [1.807, 2.05) is 0 Å². The largest absolute Gasteiger partial charge is 0.466 e. The van der Waals surface area contributed by atoms with Gasteiger partial charge in [0.1, 0.15) is 0 Å². The van der Waals surface area contributed by atoms with Crippen LogP contribution in [-0.2, 0) is 9.53 Å². The fourth-order valence-corrected chi connectivity index (χ4v) is 4.11. The van der Waals surface area contributed by atoms with Crippen molar-refractivity contribution < 1.29 is 9.53 Å². The van der Waals surface area contributed by atoms with Crippen LogP contribution in [0.5, 0.6) is 0 Å². The number of hydrogen-bond donors (Lipinski definition) is 0. The van der Waals surface area contributed by atoms with Gasteiger partial charge in [-0.15, -0.1) is 0 Å². The summed E-state index contributed by atoms with van der Waals surface area (Å²) in [7, 11) is 0. The molecule has 2 nitrogen and oxygen atoms in total. The van der Waals surface area contributed by atoms with Gasteiger partial charge in [0.2, 0.25) is 0 Å². The Morgan fingerprint density at radius 3 is 1.07 bits per heavy atom. The average Bonchev–Trinajstić information content (AvgIpc) is 2.75. The lowest BCUT2D eigenvalue weighted by Crippen LogP contribution is -2.05. The molecule has 0 amide bonds. The van der Waals surface area contributed by atoms with Crippen molar-refractivity contribution in [2.45, 2.75) is 168 Å². The van der Waals surface area contributed by atoms with Crippen LogP contribution in [0.3, 0.4) is 0 Å². The van der Waals surface area contributed by atoms with Crippen molar-refractivity contribution in [3.8, 4) is 0 Å². The van der Waals surface area contributed by atoms with E-state index in [9.17, 15) is 4.79 Å². The third kappa shape index (κ3) is 25.5. The molecule has 0 heterocycles. The monoisotopic (exact) mass is 424 g/mol. The maximum Gasteiger partial charge on any atom is 0.305 e. The molecule has 0 aromatic carbocycles. The SMILES string of the molecule is CCCCCCCCCCCCCCCCCCCCCCCOC(=O)CCCC. The summed E-state index contributed by atoms with van der Waals surface area (Å²) in [5, 5.41) is 0. The number of ether oxygens (including phenoxy) is 1. The van der Waals surface area contributed by atoms with E-state index >= 15 is 0 Å². The van der Waals surface area contributed by atoms with E-state index in [0.29, 0.717) is 13.0 Å². The van der Waals surface area contributed by atoms with E-state index < -0.39 is 0 Å². The van der Waals surface area contributed by atoms with Crippen molar-refractivity contribution in [2.24, 2.45) is 0 Å². The highest BCUT2D eigenvalue weighted by Crippen LogP contribution is 2.15. The number of carbonyl (C=O) groups excluding carboxylic acids is 1. The summed E-state index contributed by atoms with van der Waals surface area (Å²) >= 11 is 0. The zero-order chi connectivity index (χ0) is 22.0. The fraction of sp³-hybridized carbons (Fsp3) is 0.964. The minimum Gasteiger partial charge on any atom is -0.466 e. The lowest BCUT2D eigenvalue weighted by Gasteiger charge is -2.05. The van der Waals surface area contributed by atoms with Crippen molar-refractivity contribution in [3.63, 3.8) is 0 Å². The molecule has 0 aliphatic carbocycles. The minimum atomic E-state index is -0.00924. The summed E-state index contributed by atoms with van der Waals surface area (Å²) < 4.78 is 5.25. The first-order valence-electron chi connectivity index (χ1n) is 14.0. The number of esters is 1. The Hall–Kier alpha value is -0.530. The Balaban J connectivity index is 3.04. The van der Waals surface area contributed by atoms with Crippen LogP contribution in [0.1, 0.15) is 168 Å². The maximum atomic E-state index is 11.4. The van der Waals surface area contributed by atoms with Gasteiger partial charge in [-0.1, -0.05) is 149 Å². The minimum absolute atomic E-state index is 0.00924. The molecule has 0 bridgehead atoms. The number of hydrogen-bond acceptors (Lipinski definition) is 2. The summed E-state index contributed by atoms with van der Waals surface area (Å²) in [5.74, 6) is -0.00924. The van der Waals surface area contributed by atoms with Crippen LogP contribution in [0.2, 0.25) is 0 Å². The van der Waals surface area contributed by atoms with Gasteiger partial charge in [-0.3, -0.25) is 4.79 Å². The first-order chi connectivity index (χ1) is 14.8. The zero-order valence-corrected chi connectivity index (χ0v) is 21.0. The van der Waals surface area contributed by atoms with E-state index in [4.69, 9.17) is 4.74 Å². The van der Waals surface area contributed by atoms with Crippen LogP contribution in [0.4, 0.5) is 0 Å². The summed E-state index contributed by atoms with van der Waals surface area (Å²) in [6.07, 6.45) is 32.0. The molecule has 0 aromatic heterocycles. The Morgan fingerprint density at radius 2 is 0.733 bits per heavy atom. The lowest BCUT2D eigenvalue weighted by molar-refractivity contribution is -0.143. The second kappa shape index (κ2) is 26.5. The summed E-state index contributed by atoms with van der Waals surface area (Å²) in [4.78, 5) is 11.4. The molecule has 2 heteroatoms. The second-order valence-corrected chi connectivity index (χ2v) is 9.40. The molecule has 0 aromatic rings. The highest BCUT2D eigenvalue weighted by atomic mass is 16.5. The summed E-state index contributed by atoms with van der Waals surface area (Å²) in [6, 6.07) is 0. The summed E-state index contributed by atoms with van der Waals surface area (Å²) in [5.41, 5.74) is 0. The highest BCUT2D eigenvalue weighted by Gasteiger charge is 2.01. The van der Waals surface area contributed by atoms with Crippen LogP contribution in [0, 0.1) is 0 Å². The Labute approximate surface area is 190 Å². The Morgan fingerprint density at radius 1 is 0.433 bits per heavy atom. The molecule has 0 saturated carbocycles. The molecular weight excluding hydrogens is 368 g/mol. The van der Waals surface area contributed by atoms with E-state index in [0.717, 1.165) is 19.3 Å². The molecule has 0 radical (unpaired) electrons. The quantitative estimate of drug-likeness (QED) is 0.108. The van der Waals surface area contributed by atoms with Crippen LogP contribution >= 0.6 is 0 Å². The first kappa shape index (κ1) is 29.5. The molecule has 180 valence electrons. The third-order valence-corrected chi connectivity index (χ3v) is 6.25. The third-order valence-electron chi connectivity index (χ3n) is 6.25. The van der Waals surface area contributed by atoms with Crippen molar-refractivity contribution >= 4 is 5.97 Å². The molecular formula is C28H56O2. The van der Waals surface area contributed by atoms with Gasteiger partial charge in [-0.05, 0) is 12.8 Å². The van der Waals surface area contributed by atoms with Gasteiger partial charge in [-0.2, -0.15) is 0 Å². The van der Waals surface area contributed by atoms with Gasteiger partial charge in [0, 0.05) is 6.42 Å². The van der Waals surface area contributed by atoms with E-state index in [1.54, 1.807) is 0 Å². The Bertz CT molecular complexity index is 327.